The van der Waals surface area contributed by atoms with Gasteiger partial charge >= 0.3 is 0 Å². The largest absolute Gasteiger partial charge is 0.748 e. The Morgan fingerprint density at radius 3 is 1.50 bits per heavy atom. The lowest BCUT2D eigenvalue weighted by molar-refractivity contribution is -0.877. The first-order chi connectivity index (χ1) is 5.21. The predicted molar refractivity (Wildman–Crippen MR) is 46.7 cm³/mol. The molecule has 0 atom stereocenters. The standard InChI is InChI=1S/C6H14N.CH4O3S/c1-7(2)5-3-4-6-7;1-5(2,3)4/h3-6H2,1-2H3;1H3,(H,2,3,4)/q+1;/p-1. The zero-order valence-corrected chi connectivity index (χ0v) is 8.73. The molecule has 1 saturated heterocycles. The molecule has 0 saturated carbocycles. The Hall–Kier alpha value is -0.130. The highest BCUT2D eigenvalue weighted by atomic mass is 32.2. The zero-order chi connectivity index (χ0) is 9.83. The van der Waals surface area contributed by atoms with Crippen LogP contribution in [-0.4, -0.2) is 50.9 Å². The van der Waals surface area contributed by atoms with Crippen LogP contribution >= 0.6 is 0 Å². The minimum absolute atomic E-state index is 0.604. The van der Waals surface area contributed by atoms with Crippen LogP contribution in [0.4, 0.5) is 0 Å². The smallest absolute Gasteiger partial charge is 0.0916 e. The number of quaternary nitrogens is 1. The van der Waals surface area contributed by atoms with E-state index in [-0.39, 0.29) is 0 Å². The molecule has 5 heteroatoms. The van der Waals surface area contributed by atoms with Crippen molar-refractivity contribution in [1.29, 1.82) is 0 Å². The van der Waals surface area contributed by atoms with Gasteiger partial charge in [0.15, 0.2) is 0 Å². The van der Waals surface area contributed by atoms with Crippen LogP contribution in [0.25, 0.3) is 0 Å². The van der Waals surface area contributed by atoms with Crippen LogP contribution in [0.2, 0.25) is 0 Å². The molecule has 0 unspecified atom stereocenters. The third-order valence-corrected chi connectivity index (χ3v) is 1.78. The Bertz CT molecular complexity index is 205. The monoisotopic (exact) mass is 195 g/mol. The van der Waals surface area contributed by atoms with E-state index in [2.05, 4.69) is 14.1 Å². The van der Waals surface area contributed by atoms with Crippen molar-refractivity contribution in [2.24, 2.45) is 0 Å². The fourth-order valence-corrected chi connectivity index (χ4v) is 1.19. The molecule has 0 amide bonds. The minimum atomic E-state index is -3.92. The van der Waals surface area contributed by atoms with Gasteiger partial charge < -0.3 is 9.04 Å². The van der Waals surface area contributed by atoms with E-state index >= 15 is 0 Å². The van der Waals surface area contributed by atoms with Crippen molar-refractivity contribution in [2.45, 2.75) is 12.8 Å². The van der Waals surface area contributed by atoms with Crippen molar-refractivity contribution in [1.82, 2.24) is 0 Å². The molecule has 0 aromatic heterocycles. The summed E-state index contributed by atoms with van der Waals surface area (Å²) in [7, 11) is 0.681. The molecule has 1 fully saturated rings. The normalized spacial score (nSPS) is 21.3. The van der Waals surface area contributed by atoms with Gasteiger partial charge in [-0.2, -0.15) is 0 Å². The van der Waals surface area contributed by atoms with Crippen molar-refractivity contribution in [2.75, 3.05) is 33.4 Å². The minimum Gasteiger partial charge on any atom is -0.748 e. The zero-order valence-electron chi connectivity index (χ0n) is 7.91. The topological polar surface area (TPSA) is 57.2 Å². The van der Waals surface area contributed by atoms with Gasteiger partial charge in [-0.3, -0.25) is 0 Å². The maximum atomic E-state index is 9.08. The number of nitrogens with zero attached hydrogens (tertiary/aromatic N) is 1. The molecule has 74 valence electrons. The molecule has 0 bridgehead atoms. The first-order valence-electron chi connectivity index (χ1n) is 3.94. The maximum absolute atomic E-state index is 9.08. The first-order valence-corrected chi connectivity index (χ1v) is 5.75. The van der Waals surface area contributed by atoms with Crippen molar-refractivity contribution in [3.63, 3.8) is 0 Å². The maximum Gasteiger partial charge on any atom is 0.0916 e. The fraction of sp³-hybridized carbons (Fsp3) is 1.00. The molecular weight excluding hydrogens is 178 g/mol. The average molecular weight is 195 g/mol. The Morgan fingerprint density at radius 2 is 1.42 bits per heavy atom. The first kappa shape index (κ1) is 11.9. The molecule has 0 aromatic carbocycles. The van der Waals surface area contributed by atoms with Crippen LogP contribution in [0.5, 0.6) is 0 Å². The van der Waals surface area contributed by atoms with Gasteiger partial charge in [-0.1, -0.05) is 0 Å². The van der Waals surface area contributed by atoms with E-state index in [4.69, 9.17) is 13.0 Å². The quantitative estimate of drug-likeness (QED) is 0.404. The number of hydrogen-bond acceptors (Lipinski definition) is 3. The molecule has 0 N–H and O–H groups in total. The van der Waals surface area contributed by atoms with Crippen LogP contribution in [0.1, 0.15) is 12.8 Å². The summed E-state index contributed by atoms with van der Waals surface area (Å²) in [5, 5.41) is 0. The Labute approximate surface area is 74.5 Å². The average Bonchev–Trinajstić information content (AvgIpc) is 2.08. The number of hydrogen-bond donors (Lipinski definition) is 0. The molecule has 0 radical (unpaired) electrons. The Balaban J connectivity index is 0.000000217. The highest BCUT2D eigenvalue weighted by Gasteiger charge is 2.19. The van der Waals surface area contributed by atoms with Gasteiger partial charge in [0.2, 0.25) is 0 Å². The number of rotatable bonds is 0. The van der Waals surface area contributed by atoms with Crippen molar-refractivity contribution < 1.29 is 17.5 Å². The van der Waals surface area contributed by atoms with Crippen molar-refractivity contribution in [3.05, 3.63) is 0 Å². The lowest BCUT2D eigenvalue weighted by Gasteiger charge is -2.21. The van der Waals surface area contributed by atoms with Gasteiger partial charge in [0.05, 0.1) is 37.3 Å². The summed E-state index contributed by atoms with van der Waals surface area (Å²) in [5.41, 5.74) is 0. The Morgan fingerprint density at radius 1 is 1.17 bits per heavy atom. The van der Waals surface area contributed by atoms with Crippen LogP contribution in [0.15, 0.2) is 0 Å². The van der Waals surface area contributed by atoms with Gasteiger partial charge in [-0.05, 0) is 0 Å². The highest BCUT2D eigenvalue weighted by molar-refractivity contribution is 7.84. The fourth-order valence-electron chi connectivity index (χ4n) is 1.19. The van der Waals surface area contributed by atoms with E-state index in [1.807, 2.05) is 0 Å². The lowest BCUT2D eigenvalue weighted by atomic mass is 10.4. The van der Waals surface area contributed by atoms with Crippen LogP contribution in [0, 0.1) is 0 Å². The van der Waals surface area contributed by atoms with E-state index in [0.29, 0.717) is 6.26 Å². The highest BCUT2D eigenvalue weighted by Crippen LogP contribution is 2.11. The molecule has 4 nitrogen and oxygen atoms in total. The molecule has 0 aromatic rings. The van der Waals surface area contributed by atoms with E-state index in [0.717, 1.165) is 0 Å². The van der Waals surface area contributed by atoms with Gasteiger partial charge in [0, 0.05) is 19.1 Å². The van der Waals surface area contributed by atoms with Crippen LogP contribution in [-0.2, 0) is 10.1 Å². The van der Waals surface area contributed by atoms with Gasteiger partial charge in [-0.15, -0.1) is 0 Å². The van der Waals surface area contributed by atoms with Crippen molar-refractivity contribution in [3.8, 4) is 0 Å². The summed E-state index contributed by atoms with van der Waals surface area (Å²) in [6.45, 7) is 2.78. The summed E-state index contributed by atoms with van der Waals surface area (Å²) in [6.07, 6.45) is 3.48. The molecule has 1 aliphatic rings. The third kappa shape index (κ3) is 9.87. The lowest BCUT2D eigenvalue weighted by Crippen LogP contribution is -2.35. The predicted octanol–water partition coefficient (Wildman–Crippen LogP) is 0.0180. The van der Waals surface area contributed by atoms with Crippen LogP contribution < -0.4 is 0 Å². The molecule has 1 rings (SSSR count). The second kappa shape index (κ2) is 4.20. The molecule has 1 heterocycles. The van der Waals surface area contributed by atoms with Gasteiger partial charge in [0.1, 0.15) is 0 Å². The third-order valence-electron chi connectivity index (χ3n) is 1.78. The van der Waals surface area contributed by atoms with E-state index < -0.39 is 10.1 Å². The summed E-state index contributed by atoms with van der Waals surface area (Å²) < 4.78 is 28.5. The second-order valence-corrected chi connectivity index (χ2v) is 5.20. The summed E-state index contributed by atoms with van der Waals surface area (Å²) >= 11 is 0. The molecule has 0 spiro atoms. The molecule has 12 heavy (non-hydrogen) atoms. The van der Waals surface area contributed by atoms with Crippen molar-refractivity contribution >= 4 is 10.1 Å². The Kier molecular flexibility index (Phi) is 4.16. The van der Waals surface area contributed by atoms with E-state index in [9.17, 15) is 0 Å². The van der Waals surface area contributed by atoms with E-state index in [1.165, 1.54) is 30.4 Å². The molecule has 0 aliphatic carbocycles. The number of likely N-dealkylation sites (tertiary alicyclic amines) is 1. The van der Waals surface area contributed by atoms with Gasteiger partial charge in [-0.25, -0.2) is 8.42 Å². The summed E-state index contributed by atoms with van der Waals surface area (Å²) in [4.78, 5) is 0. The van der Waals surface area contributed by atoms with Gasteiger partial charge in [0.25, 0.3) is 0 Å². The SMILES string of the molecule is CS(=O)(=O)[O-].C[N+]1(C)CCCC1. The molecular formula is C7H17NO3S. The van der Waals surface area contributed by atoms with Crippen LogP contribution in [0.3, 0.4) is 0 Å². The van der Waals surface area contributed by atoms with E-state index in [1.54, 1.807) is 0 Å². The second-order valence-electron chi connectivity index (χ2n) is 3.79. The molecule has 1 aliphatic heterocycles. The summed E-state index contributed by atoms with van der Waals surface area (Å²) in [6, 6.07) is 0. The summed E-state index contributed by atoms with van der Waals surface area (Å²) in [5.74, 6) is 0.